The molecular weight excluding hydrogens is 237 g/mol. The summed E-state index contributed by atoms with van der Waals surface area (Å²) in [6.07, 6.45) is -0.565. The van der Waals surface area contributed by atoms with Gasteiger partial charge in [-0.15, -0.1) is 0 Å². The van der Waals surface area contributed by atoms with E-state index < -0.39 is 18.3 Å². The van der Waals surface area contributed by atoms with E-state index >= 15 is 0 Å². The lowest BCUT2D eigenvalue weighted by Crippen LogP contribution is -2.32. The number of hydrogen-bond acceptors (Lipinski definition) is 2. The van der Waals surface area contributed by atoms with Crippen molar-refractivity contribution in [3.8, 4) is 0 Å². The summed E-state index contributed by atoms with van der Waals surface area (Å²) in [6, 6.07) is 5.47. The predicted octanol–water partition coefficient (Wildman–Crippen LogP) is 2.11. The molecule has 98 valence electrons. The van der Waals surface area contributed by atoms with Crippen molar-refractivity contribution in [3.05, 3.63) is 35.6 Å². The van der Waals surface area contributed by atoms with Crippen LogP contribution < -0.4 is 5.32 Å². The Morgan fingerprint density at radius 2 is 1.83 bits per heavy atom. The zero-order valence-corrected chi connectivity index (χ0v) is 10.3. The zero-order chi connectivity index (χ0) is 13.7. The summed E-state index contributed by atoms with van der Waals surface area (Å²) in [5, 5.41) is 11.2. The van der Waals surface area contributed by atoms with Gasteiger partial charge in [0.25, 0.3) is 0 Å². The van der Waals surface area contributed by atoms with Gasteiger partial charge in [0, 0.05) is 0 Å². The molecule has 18 heavy (non-hydrogen) atoms. The van der Waals surface area contributed by atoms with Crippen molar-refractivity contribution < 1.29 is 19.1 Å². The molecule has 0 aliphatic rings. The molecule has 2 N–H and O–H groups in total. The summed E-state index contributed by atoms with van der Waals surface area (Å²) in [7, 11) is 0. The number of amides is 1. The van der Waals surface area contributed by atoms with Gasteiger partial charge in [0.15, 0.2) is 0 Å². The Balaban J connectivity index is 2.80. The molecule has 4 nitrogen and oxygen atoms in total. The third-order valence-electron chi connectivity index (χ3n) is 2.52. The largest absolute Gasteiger partial charge is 0.481 e. The van der Waals surface area contributed by atoms with Gasteiger partial charge in [-0.05, 0) is 23.6 Å². The van der Waals surface area contributed by atoms with Crippen molar-refractivity contribution >= 4 is 11.9 Å². The average Bonchev–Trinajstić information content (AvgIpc) is 2.26. The molecule has 0 saturated heterocycles. The maximum absolute atomic E-state index is 12.8. The second kappa shape index (κ2) is 6.14. The minimum Gasteiger partial charge on any atom is -0.481 e. The standard InChI is InChI=1S/C13H16FNO3/c1-8(2)13(15-11(16)7-12(17)18)9-3-5-10(14)6-4-9/h3-6,8,13H,7H2,1-2H3,(H,15,16)(H,17,18). The minimum absolute atomic E-state index is 0.0770. The number of carbonyl (C=O) groups excluding carboxylic acids is 1. The number of halogens is 1. The molecule has 0 spiro atoms. The van der Waals surface area contributed by atoms with Crippen molar-refractivity contribution in [2.24, 2.45) is 5.92 Å². The molecule has 1 unspecified atom stereocenters. The van der Waals surface area contributed by atoms with Crippen LogP contribution >= 0.6 is 0 Å². The van der Waals surface area contributed by atoms with Gasteiger partial charge in [-0.2, -0.15) is 0 Å². The molecule has 0 heterocycles. The fraction of sp³-hybridized carbons (Fsp3) is 0.385. The molecule has 0 aliphatic carbocycles. The number of aliphatic carboxylic acids is 1. The lowest BCUT2D eigenvalue weighted by Gasteiger charge is -2.22. The van der Waals surface area contributed by atoms with Gasteiger partial charge >= 0.3 is 5.97 Å². The van der Waals surface area contributed by atoms with Gasteiger partial charge in [-0.3, -0.25) is 9.59 Å². The van der Waals surface area contributed by atoms with E-state index in [-0.39, 0.29) is 17.8 Å². The van der Waals surface area contributed by atoms with Crippen molar-refractivity contribution in [1.82, 2.24) is 5.32 Å². The van der Waals surface area contributed by atoms with Crippen molar-refractivity contribution in [2.75, 3.05) is 0 Å². The molecular formula is C13H16FNO3. The van der Waals surface area contributed by atoms with E-state index in [0.717, 1.165) is 5.56 Å². The predicted molar refractivity (Wildman–Crippen MR) is 64.4 cm³/mol. The zero-order valence-electron chi connectivity index (χ0n) is 10.3. The molecule has 0 aromatic heterocycles. The first kappa shape index (κ1) is 14.2. The summed E-state index contributed by atoms with van der Waals surface area (Å²) >= 11 is 0. The fourth-order valence-electron chi connectivity index (χ4n) is 1.67. The van der Waals surface area contributed by atoms with Crippen LogP contribution in [0.5, 0.6) is 0 Å². The lowest BCUT2D eigenvalue weighted by molar-refractivity contribution is -0.141. The van der Waals surface area contributed by atoms with E-state index in [1.165, 1.54) is 12.1 Å². The van der Waals surface area contributed by atoms with Crippen LogP contribution in [0.3, 0.4) is 0 Å². The van der Waals surface area contributed by atoms with Crippen molar-refractivity contribution in [3.63, 3.8) is 0 Å². The summed E-state index contributed by atoms with van der Waals surface area (Å²) in [4.78, 5) is 21.9. The highest BCUT2D eigenvalue weighted by molar-refractivity contribution is 5.93. The Morgan fingerprint density at radius 3 is 2.28 bits per heavy atom. The topological polar surface area (TPSA) is 66.4 Å². The molecule has 1 amide bonds. The number of carboxylic acids is 1. The van der Waals surface area contributed by atoms with E-state index in [0.29, 0.717) is 0 Å². The molecule has 1 aromatic rings. The maximum atomic E-state index is 12.8. The molecule has 0 bridgehead atoms. The van der Waals surface area contributed by atoms with Crippen LogP contribution in [0.15, 0.2) is 24.3 Å². The maximum Gasteiger partial charge on any atom is 0.312 e. The second-order valence-corrected chi connectivity index (χ2v) is 4.41. The average molecular weight is 253 g/mol. The quantitative estimate of drug-likeness (QED) is 0.790. The van der Waals surface area contributed by atoms with Crippen molar-refractivity contribution in [1.29, 1.82) is 0 Å². The summed E-state index contributed by atoms with van der Waals surface area (Å²) in [5.74, 6) is -1.99. The van der Waals surface area contributed by atoms with Gasteiger partial charge < -0.3 is 10.4 Å². The fourth-order valence-corrected chi connectivity index (χ4v) is 1.67. The van der Waals surface area contributed by atoms with Gasteiger partial charge in [0.1, 0.15) is 12.2 Å². The molecule has 1 rings (SSSR count). The van der Waals surface area contributed by atoms with E-state index in [2.05, 4.69) is 5.32 Å². The monoisotopic (exact) mass is 253 g/mol. The summed E-state index contributed by atoms with van der Waals surface area (Å²) in [6.45, 7) is 3.80. The molecule has 0 radical (unpaired) electrons. The first-order valence-electron chi connectivity index (χ1n) is 5.66. The highest BCUT2D eigenvalue weighted by atomic mass is 19.1. The van der Waals surface area contributed by atoms with Crippen molar-refractivity contribution in [2.45, 2.75) is 26.3 Å². The van der Waals surface area contributed by atoms with Gasteiger partial charge in [-0.1, -0.05) is 26.0 Å². The van der Waals surface area contributed by atoms with Gasteiger partial charge in [0.05, 0.1) is 6.04 Å². The Hall–Kier alpha value is -1.91. The highest BCUT2D eigenvalue weighted by Crippen LogP contribution is 2.21. The van der Waals surface area contributed by atoms with Crippen LogP contribution in [0.4, 0.5) is 4.39 Å². The third-order valence-corrected chi connectivity index (χ3v) is 2.52. The number of rotatable bonds is 5. The first-order chi connectivity index (χ1) is 8.40. The van der Waals surface area contributed by atoms with E-state index in [1.807, 2.05) is 13.8 Å². The molecule has 1 atom stereocenters. The number of nitrogens with one attached hydrogen (secondary N) is 1. The lowest BCUT2D eigenvalue weighted by atomic mass is 9.96. The Labute approximate surface area is 105 Å². The smallest absolute Gasteiger partial charge is 0.312 e. The molecule has 5 heteroatoms. The molecule has 0 fully saturated rings. The van der Waals surface area contributed by atoms with Crippen LogP contribution in [0.1, 0.15) is 31.9 Å². The van der Waals surface area contributed by atoms with Crippen LogP contribution in [0.25, 0.3) is 0 Å². The van der Waals surface area contributed by atoms with Gasteiger partial charge in [-0.25, -0.2) is 4.39 Å². The molecule has 1 aromatic carbocycles. The minimum atomic E-state index is -1.17. The molecule has 0 saturated carbocycles. The van der Waals surface area contributed by atoms with Crippen LogP contribution in [0.2, 0.25) is 0 Å². The van der Waals surface area contributed by atoms with E-state index in [1.54, 1.807) is 12.1 Å². The van der Waals surface area contributed by atoms with Crippen LogP contribution in [-0.2, 0) is 9.59 Å². The van der Waals surface area contributed by atoms with E-state index in [9.17, 15) is 14.0 Å². The van der Waals surface area contributed by atoms with E-state index in [4.69, 9.17) is 5.11 Å². The number of benzene rings is 1. The Kier molecular flexibility index (Phi) is 4.83. The summed E-state index contributed by atoms with van der Waals surface area (Å²) in [5.41, 5.74) is 0.755. The third kappa shape index (κ3) is 4.16. The Bertz CT molecular complexity index is 428. The second-order valence-electron chi connectivity index (χ2n) is 4.41. The number of carboxylic acid groups (broad SMARTS) is 1. The molecule has 0 aliphatic heterocycles. The first-order valence-corrected chi connectivity index (χ1v) is 5.66. The highest BCUT2D eigenvalue weighted by Gasteiger charge is 2.19. The number of carbonyl (C=O) groups is 2. The SMILES string of the molecule is CC(C)C(NC(=O)CC(=O)O)c1ccc(F)cc1. The van der Waals surface area contributed by atoms with Crippen LogP contribution in [-0.4, -0.2) is 17.0 Å². The van der Waals surface area contributed by atoms with Gasteiger partial charge in [0.2, 0.25) is 5.91 Å². The summed E-state index contributed by atoms with van der Waals surface area (Å²) < 4.78 is 12.8. The normalized spacial score (nSPS) is 12.2. The number of hydrogen-bond donors (Lipinski definition) is 2. The Morgan fingerprint density at radius 1 is 1.28 bits per heavy atom. The van der Waals surface area contributed by atoms with Crippen LogP contribution in [0, 0.1) is 11.7 Å².